The number of ether oxygens (including phenoxy) is 1. The van der Waals surface area contributed by atoms with E-state index in [1.165, 1.54) is 16.6 Å². The highest BCUT2D eigenvalue weighted by molar-refractivity contribution is 7.92. The van der Waals surface area contributed by atoms with Crippen molar-refractivity contribution in [1.29, 1.82) is 0 Å². The molecule has 4 aromatic rings. The van der Waals surface area contributed by atoms with Crippen LogP contribution in [0.2, 0.25) is 0 Å². The SMILES string of the molecule is CS(=O)(=O)Nc1ccc(-c2ccc3ncc(S(=O)(=O)N4CCOCC4)c(Nc4ccccc4C(=O)O)c3c2)cc1. The number of nitrogens with one attached hydrogen (secondary N) is 2. The van der Waals surface area contributed by atoms with Gasteiger partial charge in [-0.05, 0) is 47.5 Å². The van der Waals surface area contributed by atoms with Crippen molar-refractivity contribution in [3.8, 4) is 11.1 Å². The molecule has 1 saturated heterocycles. The zero-order valence-corrected chi connectivity index (χ0v) is 23.0. The number of para-hydroxylation sites is 1. The number of pyridine rings is 1. The Kier molecular flexibility index (Phi) is 7.47. The zero-order chi connectivity index (χ0) is 28.5. The summed E-state index contributed by atoms with van der Waals surface area (Å²) in [4.78, 5) is 16.3. The monoisotopic (exact) mass is 582 g/mol. The number of aromatic carboxylic acids is 1. The molecule has 1 aromatic heterocycles. The highest BCUT2D eigenvalue weighted by Gasteiger charge is 2.30. The van der Waals surface area contributed by atoms with E-state index in [-0.39, 0.29) is 48.1 Å². The summed E-state index contributed by atoms with van der Waals surface area (Å²) >= 11 is 0. The van der Waals surface area contributed by atoms with Gasteiger partial charge in [-0.15, -0.1) is 0 Å². The molecule has 1 aliphatic heterocycles. The van der Waals surface area contributed by atoms with Gasteiger partial charge >= 0.3 is 5.97 Å². The normalized spacial score (nSPS) is 14.6. The second-order valence-electron chi connectivity index (χ2n) is 9.17. The van der Waals surface area contributed by atoms with Crippen molar-refractivity contribution in [1.82, 2.24) is 9.29 Å². The van der Waals surface area contributed by atoms with Crippen LogP contribution in [0.1, 0.15) is 10.4 Å². The number of anilines is 3. The molecule has 40 heavy (non-hydrogen) atoms. The number of sulfonamides is 2. The molecule has 11 nitrogen and oxygen atoms in total. The molecule has 0 unspecified atom stereocenters. The predicted molar refractivity (Wildman–Crippen MR) is 152 cm³/mol. The van der Waals surface area contributed by atoms with E-state index in [0.717, 1.165) is 17.4 Å². The van der Waals surface area contributed by atoms with E-state index in [2.05, 4.69) is 15.0 Å². The van der Waals surface area contributed by atoms with Gasteiger partial charge in [0.1, 0.15) is 4.90 Å². The average Bonchev–Trinajstić information content (AvgIpc) is 2.93. The maximum atomic E-state index is 13.8. The molecule has 13 heteroatoms. The van der Waals surface area contributed by atoms with Crippen LogP contribution in [0, 0.1) is 0 Å². The smallest absolute Gasteiger partial charge is 0.337 e. The van der Waals surface area contributed by atoms with Gasteiger partial charge < -0.3 is 15.2 Å². The molecule has 1 fully saturated rings. The van der Waals surface area contributed by atoms with Crippen LogP contribution in [-0.4, -0.2) is 69.8 Å². The van der Waals surface area contributed by atoms with Crippen LogP contribution >= 0.6 is 0 Å². The third-order valence-electron chi connectivity index (χ3n) is 6.36. The Hall–Kier alpha value is -4.04. The second kappa shape index (κ2) is 10.8. The van der Waals surface area contributed by atoms with Crippen molar-refractivity contribution in [2.24, 2.45) is 0 Å². The van der Waals surface area contributed by atoms with Gasteiger partial charge in [-0.2, -0.15) is 4.31 Å². The molecular formula is C27H26N4O7S2. The third kappa shape index (κ3) is 5.77. The molecule has 0 aliphatic carbocycles. The highest BCUT2D eigenvalue weighted by Crippen LogP contribution is 2.37. The number of fused-ring (bicyclic) bond motifs is 1. The zero-order valence-electron chi connectivity index (χ0n) is 21.4. The van der Waals surface area contributed by atoms with Gasteiger partial charge in [0, 0.05) is 30.4 Å². The first-order valence-corrected chi connectivity index (χ1v) is 15.5. The standard InChI is InChI=1S/C27H26N4O7S2/c1-39(34,35)30-20-9-6-18(7-10-20)19-8-11-23-22(16-19)26(29-24-5-3-2-4-21(24)27(32)33)25(17-28-23)40(36,37)31-12-14-38-15-13-31/h2-11,16-17,30H,12-15H2,1H3,(H,28,29)(H,32,33). The fourth-order valence-electron chi connectivity index (χ4n) is 4.46. The number of nitrogens with zero attached hydrogens (tertiary/aromatic N) is 2. The molecule has 1 aliphatic rings. The number of hydrogen-bond acceptors (Lipinski definition) is 8. The summed E-state index contributed by atoms with van der Waals surface area (Å²) in [6.07, 6.45) is 2.35. The Bertz CT molecular complexity index is 1800. The van der Waals surface area contributed by atoms with Gasteiger partial charge in [-0.25, -0.2) is 21.6 Å². The van der Waals surface area contributed by atoms with Crippen molar-refractivity contribution < 1.29 is 31.5 Å². The Morgan fingerprint density at radius 2 is 1.62 bits per heavy atom. The van der Waals surface area contributed by atoms with Crippen LogP contribution in [0.4, 0.5) is 17.1 Å². The summed E-state index contributed by atoms with van der Waals surface area (Å²) in [6, 6.07) is 18.3. The lowest BCUT2D eigenvalue weighted by atomic mass is 10.0. The summed E-state index contributed by atoms with van der Waals surface area (Å²) in [5, 5.41) is 13.3. The molecule has 0 spiro atoms. The molecule has 3 aromatic carbocycles. The molecule has 0 radical (unpaired) electrons. The Morgan fingerprint density at radius 3 is 2.30 bits per heavy atom. The van der Waals surface area contributed by atoms with E-state index in [1.807, 2.05) is 6.07 Å². The first kappa shape index (κ1) is 27.5. The van der Waals surface area contributed by atoms with Crippen LogP contribution in [0.5, 0.6) is 0 Å². The largest absolute Gasteiger partial charge is 0.478 e. The first-order chi connectivity index (χ1) is 19.0. The van der Waals surface area contributed by atoms with E-state index >= 15 is 0 Å². The summed E-state index contributed by atoms with van der Waals surface area (Å²) < 4.78 is 59.8. The number of benzene rings is 3. The molecule has 0 saturated carbocycles. The fraction of sp³-hybridized carbons (Fsp3) is 0.185. The van der Waals surface area contributed by atoms with Gasteiger partial charge in [0.15, 0.2) is 0 Å². The maximum absolute atomic E-state index is 13.8. The van der Waals surface area contributed by atoms with E-state index in [4.69, 9.17) is 4.74 Å². The maximum Gasteiger partial charge on any atom is 0.337 e. The van der Waals surface area contributed by atoms with Gasteiger partial charge in [-0.1, -0.05) is 30.3 Å². The van der Waals surface area contributed by atoms with Crippen molar-refractivity contribution in [3.05, 3.63) is 78.5 Å². The van der Waals surface area contributed by atoms with E-state index in [1.54, 1.807) is 54.6 Å². The van der Waals surface area contributed by atoms with Gasteiger partial charge in [-0.3, -0.25) is 9.71 Å². The fourth-order valence-corrected chi connectivity index (χ4v) is 6.54. The van der Waals surface area contributed by atoms with Crippen molar-refractivity contribution in [2.45, 2.75) is 4.90 Å². The lowest BCUT2D eigenvalue weighted by Gasteiger charge is -2.27. The number of carbonyl (C=O) groups is 1. The molecule has 3 N–H and O–H groups in total. The molecule has 208 valence electrons. The van der Waals surface area contributed by atoms with Crippen LogP contribution in [0.15, 0.2) is 77.8 Å². The Labute approximate surface area is 231 Å². The number of hydrogen-bond donors (Lipinski definition) is 3. The van der Waals surface area contributed by atoms with Crippen LogP contribution < -0.4 is 10.0 Å². The molecule has 2 heterocycles. The van der Waals surface area contributed by atoms with E-state index < -0.39 is 26.0 Å². The molecular weight excluding hydrogens is 556 g/mol. The van der Waals surface area contributed by atoms with Crippen molar-refractivity contribution in [3.63, 3.8) is 0 Å². The number of carboxylic acids is 1. The van der Waals surface area contributed by atoms with Crippen LogP contribution in [-0.2, 0) is 24.8 Å². The second-order valence-corrected chi connectivity index (χ2v) is 12.8. The minimum absolute atomic E-state index is 0.0210. The van der Waals surface area contributed by atoms with Gasteiger partial charge in [0.2, 0.25) is 20.0 Å². The first-order valence-electron chi connectivity index (χ1n) is 12.2. The highest BCUT2D eigenvalue weighted by atomic mass is 32.2. The number of aromatic nitrogens is 1. The Morgan fingerprint density at radius 1 is 0.950 bits per heavy atom. The number of rotatable bonds is 8. The van der Waals surface area contributed by atoms with Gasteiger partial charge in [0.25, 0.3) is 0 Å². The molecule has 0 atom stereocenters. The van der Waals surface area contributed by atoms with Crippen LogP contribution in [0.3, 0.4) is 0 Å². The quantitative estimate of drug-likeness (QED) is 0.282. The summed E-state index contributed by atoms with van der Waals surface area (Å²) in [5.41, 5.74) is 2.77. The number of carboxylic acid groups (broad SMARTS) is 1. The van der Waals surface area contributed by atoms with Crippen LogP contribution in [0.25, 0.3) is 22.0 Å². The lowest BCUT2D eigenvalue weighted by Crippen LogP contribution is -2.40. The van der Waals surface area contributed by atoms with Crippen molar-refractivity contribution in [2.75, 3.05) is 42.6 Å². The summed E-state index contributed by atoms with van der Waals surface area (Å²) in [5.74, 6) is -1.16. The summed E-state index contributed by atoms with van der Waals surface area (Å²) in [6.45, 7) is 0.886. The minimum atomic E-state index is -4.02. The van der Waals surface area contributed by atoms with Gasteiger partial charge in [0.05, 0.1) is 41.9 Å². The molecule has 5 rings (SSSR count). The van der Waals surface area contributed by atoms with E-state index in [9.17, 15) is 26.7 Å². The topological polar surface area (TPSA) is 155 Å². The lowest BCUT2D eigenvalue weighted by molar-refractivity contribution is 0.0698. The van der Waals surface area contributed by atoms with Crippen molar-refractivity contribution >= 4 is 54.0 Å². The Balaban J connectivity index is 1.67. The third-order valence-corrected chi connectivity index (χ3v) is 8.88. The number of morpholine rings is 1. The minimum Gasteiger partial charge on any atom is -0.478 e. The average molecular weight is 583 g/mol. The molecule has 0 amide bonds. The predicted octanol–water partition coefficient (Wildman–Crippen LogP) is 3.74. The summed E-state index contributed by atoms with van der Waals surface area (Å²) in [7, 11) is -7.46. The van der Waals surface area contributed by atoms with E-state index in [0.29, 0.717) is 16.6 Å². The molecule has 0 bridgehead atoms.